The second-order valence-electron chi connectivity index (χ2n) is 8.75. The molecule has 1 amide bonds. The molecule has 2 aromatic rings. The van der Waals surface area contributed by atoms with E-state index >= 15 is 0 Å². The van der Waals surface area contributed by atoms with Crippen LogP contribution in [0.1, 0.15) is 40.3 Å². The highest BCUT2D eigenvalue weighted by Crippen LogP contribution is 2.36. The van der Waals surface area contributed by atoms with Crippen molar-refractivity contribution in [2.75, 3.05) is 25.6 Å². The fourth-order valence-corrected chi connectivity index (χ4v) is 4.06. The number of carbonyl (C=O) groups excluding carboxylic acids is 2. The summed E-state index contributed by atoms with van der Waals surface area (Å²) in [7, 11) is 1.27. The summed E-state index contributed by atoms with van der Waals surface area (Å²) < 4.78 is 61.6. The number of hydrogen-bond acceptors (Lipinski definition) is 9. The van der Waals surface area contributed by atoms with Crippen LogP contribution < -0.4 is 10.6 Å². The third-order valence-corrected chi connectivity index (χ3v) is 5.71. The van der Waals surface area contributed by atoms with Gasteiger partial charge < -0.3 is 29.6 Å². The van der Waals surface area contributed by atoms with E-state index in [1.807, 2.05) is 0 Å². The van der Waals surface area contributed by atoms with Crippen LogP contribution in [0.5, 0.6) is 0 Å². The van der Waals surface area contributed by atoms with E-state index in [1.54, 1.807) is 13.8 Å². The molecule has 2 fully saturated rings. The van der Waals surface area contributed by atoms with Gasteiger partial charge in [-0.2, -0.15) is 13.2 Å². The second kappa shape index (κ2) is 9.99. The van der Waals surface area contributed by atoms with Gasteiger partial charge in [0.1, 0.15) is 24.1 Å². The van der Waals surface area contributed by atoms with Crippen molar-refractivity contribution >= 4 is 17.7 Å². The van der Waals surface area contributed by atoms with Crippen LogP contribution in [0, 0.1) is 0 Å². The molecule has 4 rings (SSSR count). The number of benzene rings is 1. The molecule has 0 radical (unpaired) electrons. The van der Waals surface area contributed by atoms with Crippen molar-refractivity contribution in [2.45, 2.75) is 50.2 Å². The minimum atomic E-state index is -4.63. The van der Waals surface area contributed by atoms with Crippen molar-refractivity contribution in [3.8, 4) is 0 Å². The summed E-state index contributed by atoms with van der Waals surface area (Å²) in [6.45, 7) is 3.58. The molecule has 0 saturated carbocycles. The molecule has 36 heavy (non-hydrogen) atoms. The average Bonchev–Trinajstić information content (AvgIpc) is 3.18. The molecule has 0 spiro atoms. The van der Waals surface area contributed by atoms with Crippen LogP contribution in [0.4, 0.5) is 19.0 Å². The quantitative estimate of drug-likeness (QED) is 0.565. The molecule has 1 aromatic heterocycles. The zero-order valence-electron chi connectivity index (χ0n) is 19.7. The minimum Gasteiger partial charge on any atom is -0.465 e. The van der Waals surface area contributed by atoms with Gasteiger partial charge in [0.05, 0.1) is 37.7 Å². The van der Waals surface area contributed by atoms with E-state index in [2.05, 4.69) is 25.3 Å². The first-order chi connectivity index (χ1) is 17.0. The number of esters is 1. The summed E-state index contributed by atoms with van der Waals surface area (Å²) in [6.07, 6.45) is -4.60. The SMILES string of the molecule is COC(=O)c1ccc(C(=O)NC[C@H]2OC[C@H](Nc3cncc(C(F)(F)F)n3)[C@H]3OC(C)(C)O[C@H]32)cc1. The number of ether oxygens (including phenoxy) is 4. The molecule has 2 saturated heterocycles. The molecular formula is C23H25F3N4O6. The number of amides is 1. The first-order valence-electron chi connectivity index (χ1n) is 11.1. The van der Waals surface area contributed by atoms with Crippen LogP contribution in [0.15, 0.2) is 36.7 Å². The normalized spacial score (nSPS) is 25.1. The Hall–Kier alpha value is -3.29. The van der Waals surface area contributed by atoms with Crippen LogP contribution >= 0.6 is 0 Å². The molecule has 4 atom stereocenters. The topological polar surface area (TPSA) is 121 Å². The van der Waals surface area contributed by atoms with E-state index in [4.69, 9.17) is 14.2 Å². The summed E-state index contributed by atoms with van der Waals surface area (Å²) in [5.74, 6) is -1.95. The third-order valence-electron chi connectivity index (χ3n) is 5.71. The highest BCUT2D eigenvalue weighted by molar-refractivity contribution is 5.96. The number of fused-ring (bicyclic) bond motifs is 1. The Balaban J connectivity index is 1.41. The zero-order valence-corrected chi connectivity index (χ0v) is 19.7. The molecule has 0 aliphatic carbocycles. The smallest absolute Gasteiger partial charge is 0.434 e. The van der Waals surface area contributed by atoms with E-state index in [9.17, 15) is 22.8 Å². The Morgan fingerprint density at radius 2 is 1.78 bits per heavy atom. The van der Waals surface area contributed by atoms with Gasteiger partial charge in [0.25, 0.3) is 5.91 Å². The summed E-state index contributed by atoms with van der Waals surface area (Å²) in [6, 6.07) is 5.39. The predicted molar refractivity (Wildman–Crippen MR) is 118 cm³/mol. The second-order valence-corrected chi connectivity index (χ2v) is 8.75. The van der Waals surface area contributed by atoms with Gasteiger partial charge in [-0.25, -0.2) is 9.78 Å². The Morgan fingerprint density at radius 1 is 1.11 bits per heavy atom. The molecule has 10 nitrogen and oxygen atoms in total. The van der Waals surface area contributed by atoms with Gasteiger partial charge in [-0.15, -0.1) is 0 Å². The minimum absolute atomic E-state index is 0.0624. The van der Waals surface area contributed by atoms with E-state index < -0.39 is 48.0 Å². The van der Waals surface area contributed by atoms with Crippen LogP contribution in [0.3, 0.4) is 0 Å². The number of aromatic nitrogens is 2. The van der Waals surface area contributed by atoms with Crippen LogP contribution in [-0.4, -0.2) is 72.2 Å². The molecule has 1 aromatic carbocycles. The lowest BCUT2D eigenvalue weighted by Gasteiger charge is -2.37. The van der Waals surface area contributed by atoms with Crippen LogP contribution in [0.2, 0.25) is 0 Å². The van der Waals surface area contributed by atoms with Gasteiger partial charge in [0, 0.05) is 12.1 Å². The van der Waals surface area contributed by atoms with E-state index in [0.29, 0.717) is 17.3 Å². The molecule has 3 heterocycles. The molecule has 13 heteroatoms. The molecular weight excluding hydrogens is 485 g/mol. The van der Waals surface area contributed by atoms with Gasteiger partial charge >= 0.3 is 12.1 Å². The number of nitrogens with one attached hydrogen (secondary N) is 2. The van der Waals surface area contributed by atoms with Gasteiger partial charge in [-0.1, -0.05) is 0 Å². The lowest BCUT2D eigenvalue weighted by atomic mass is 9.98. The predicted octanol–water partition coefficient (Wildman–Crippen LogP) is 2.41. The Bertz CT molecular complexity index is 1110. The number of carbonyl (C=O) groups is 2. The van der Waals surface area contributed by atoms with Gasteiger partial charge in [0.15, 0.2) is 11.5 Å². The maximum atomic E-state index is 13.0. The standard InChI is InChI=1S/C23H25F3N4O6/c1-22(2)35-18-14(29-17-10-27-9-16(30-17)23(24,25)26)11-34-15(19(18)36-22)8-28-20(31)12-4-6-13(7-5-12)21(32)33-3/h4-7,9-10,14-15,18-19H,8,11H2,1-3H3,(H,28,31)(H,29,30)/t14-,15+,18+,19-/m0/s1. The maximum Gasteiger partial charge on any atom is 0.434 e. The van der Waals surface area contributed by atoms with Gasteiger partial charge in [0.2, 0.25) is 0 Å². The summed E-state index contributed by atoms with van der Waals surface area (Å²) in [4.78, 5) is 31.4. The van der Waals surface area contributed by atoms with E-state index in [1.165, 1.54) is 37.6 Å². The Morgan fingerprint density at radius 3 is 2.44 bits per heavy atom. The first kappa shape index (κ1) is 25.8. The van der Waals surface area contributed by atoms with Crippen molar-refractivity contribution in [3.05, 3.63) is 53.5 Å². The van der Waals surface area contributed by atoms with Crippen molar-refractivity contribution in [3.63, 3.8) is 0 Å². The van der Waals surface area contributed by atoms with Crippen molar-refractivity contribution < 1.29 is 41.7 Å². The first-order valence-corrected chi connectivity index (χ1v) is 11.1. The van der Waals surface area contributed by atoms with Gasteiger partial charge in [-0.05, 0) is 38.1 Å². The fourth-order valence-electron chi connectivity index (χ4n) is 4.06. The summed E-state index contributed by atoms with van der Waals surface area (Å²) >= 11 is 0. The van der Waals surface area contributed by atoms with Gasteiger partial charge in [-0.3, -0.25) is 9.78 Å². The lowest BCUT2D eigenvalue weighted by molar-refractivity contribution is -0.153. The number of anilines is 1. The monoisotopic (exact) mass is 510 g/mol. The van der Waals surface area contributed by atoms with E-state index in [0.717, 1.165) is 0 Å². The maximum absolute atomic E-state index is 13.0. The largest absolute Gasteiger partial charge is 0.465 e. The zero-order chi connectivity index (χ0) is 26.1. The number of rotatable bonds is 6. The molecule has 2 aliphatic rings. The molecule has 0 bridgehead atoms. The number of halogens is 3. The number of alkyl halides is 3. The number of hydrogen-bond donors (Lipinski definition) is 2. The van der Waals surface area contributed by atoms with Crippen LogP contribution in [-0.2, 0) is 25.1 Å². The Labute approximate surface area is 204 Å². The summed E-state index contributed by atoms with van der Waals surface area (Å²) in [5, 5.41) is 5.68. The van der Waals surface area contributed by atoms with E-state index in [-0.39, 0.29) is 24.9 Å². The Kier molecular flexibility index (Phi) is 7.16. The molecule has 2 aliphatic heterocycles. The summed E-state index contributed by atoms with van der Waals surface area (Å²) in [5.41, 5.74) is -0.471. The van der Waals surface area contributed by atoms with Crippen molar-refractivity contribution in [2.24, 2.45) is 0 Å². The number of nitrogens with zero attached hydrogens (tertiary/aromatic N) is 2. The van der Waals surface area contributed by atoms with Crippen molar-refractivity contribution in [1.29, 1.82) is 0 Å². The van der Waals surface area contributed by atoms with Crippen LogP contribution in [0.25, 0.3) is 0 Å². The van der Waals surface area contributed by atoms with Crippen molar-refractivity contribution in [1.82, 2.24) is 15.3 Å². The highest BCUT2D eigenvalue weighted by atomic mass is 19.4. The molecule has 2 N–H and O–H groups in total. The highest BCUT2D eigenvalue weighted by Gasteiger charge is 2.52. The lowest BCUT2D eigenvalue weighted by Crippen LogP contribution is -2.57. The molecule has 194 valence electrons. The average molecular weight is 510 g/mol. The third kappa shape index (κ3) is 5.74. The molecule has 0 unspecified atom stereocenters. The number of methoxy groups -OCH3 is 1. The fraction of sp³-hybridized carbons (Fsp3) is 0.478.